The first-order valence-electron chi connectivity index (χ1n) is 9.23. The van der Waals surface area contributed by atoms with E-state index in [1.807, 2.05) is 41.3 Å². The van der Waals surface area contributed by atoms with Crippen LogP contribution in [0.25, 0.3) is 0 Å². The molecule has 136 valence electrons. The summed E-state index contributed by atoms with van der Waals surface area (Å²) >= 11 is 0. The van der Waals surface area contributed by atoms with E-state index in [1.54, 1.807) is 12.4 Å². The summed E-state index contributed by atoms with van der Waals surface area (Å²) < 4.78 is 0. The highest BCUT2D eigenvalue weighted by molar-refractivity contribution is 6.07. The van der Waals surface area contributed by atoms with Gasteiger partial charge in [0.2, 0.25) is 5.95 Å². The van der Waals surface area contributed by atoms with Gasteiger partial charge in [-0.3, -0.25) is 4.79 Å². The maximum atomic E-state index is 13.0. The van der Waals surface area contributed by atoms with Gasteiger partial charge >= 0.3 is 0 Å². The van der Waals surface area contributed by atoms with Gasteiger partial charge in [0.25, 0.3) is 5.91 Å². The fourth-order valence-corrected chi connectivity index (χ4v) is 3.51. The van der Waals surface area contributed by atoms with Crippen LogP contribution in [0.15, 0.2) is 67.0 Å². The zero-order valence-electron chi connectivity index (χ0n) is 15.3. The molecular weight excluding hydrogens is 336 g/mol. The van der Waals surface area contributed by atoms with E-state index in [4.69, 9.17) is 0 Å². The number of fused-ring (bicyclic) bond motifs is 1. The zero-order valence-corrected chi connectivity index (χ0v) is 15.3. The van der Waals surface area contributed by atoms with Crippen LogP contribution in [0.4, 0.5) is 11.6 Å². The fourth-order valence-electron chi connectivity index (χ4n) is 3.51. The normalized spacial score (nSPS) is 15.4. The zero-order chi connectivity index (χ0) is 18.6. The number of anilines is 2. The first-order chi connectivity index (χ1) is 13.2. The Bertz CT molecular complexity index is 925. The third-order valence-electron chi connectivity index (χ3n) is 4.86. The molecule has 0 saturated carbocycles. The standard InChI is InChI=1S/C22H22N4O/c1-16-13-18-9-5-6-10-20(18)26(16)21(27)19-14-24-22(25-15-19)23-12-11-17-7-3-2-4-8-17/h2-10,14-16H,11-13H2,1H3,(H,23,24,25). The number of hydrogen-bond donors (Lipinski definition) is 1. The molecule has 1 aromatic heterocycles. The summed E-state index contributed by atoms with van der Waals surface area (Å²) in [5.41, 5.74) is 3.96. The topological polar surface area (TPSA) is 58.1 Å². The summed E-state index contributed by atoms with van der Waals surface area (Å²) in [5.74, 6) is 0.487. The predicted molar refractivity (Wildman–Crippen MR) is 107 cm³/mol. The lowest BCUT2D eigenvalue weighted by molar-refractivity contribution is 0.0981. The third kappa shape index (κ3) is 3.67. The summed E-state index contributed by atoms with van der Waals surface area (Å²) in [5, 5.41) is 3.21. The van der Waals surface area contributed by atoms with Gasteiger partial charge in [-0.05, 0) is 37.0 Å². The lowest BCUT2D eigenvalue weighted by Gasteiger charge is -2.22. The minimum atomic E-state index is -0.0525. The molecule has 1 aliphatic rings. The minimum absolute atomic E-state index is 0.0525. The second-order valence-electron chi connectivity index (χ2n) is 6.81. The molecule has 5 heteroatoms. The molecule has 1 amide bonds. The Morgan fingerprint density at radius 2 is 1.78 bits per heavy atom. The highest BCUT2D eigenvalue weighted by Crippen LogP contribution is 2.32. The van der Waals surface area contributed by atoms with Gasteiger partial charge < -0.3 is 10.2 Å². The number of carbonyl (C=O) groups excluding carboxylic acids is 1. The van der Waals surface area contributed by atoms with Crippen LogP contribution in [0.2, 0.25) is 0 Å². The van der Waals surface area contributed by atoms with Crippen molar-refractivity contribution in [3.05, 3.63) is 83.7 Å². The minimum Gasteiger partial charge on any atom is -0.354 e. The molecule has 0 spiro atoms. The number of aromatic nitrogens is 2. The number of benzene rings is 2. The Morgan fingerprint density at radius 1 is 1.07 bits per heavy atom. The summed E-state index contributed by atoms with van der Waals surface area (Å²) in [7, 11) is 0. The third-order valence-corrected chi connectivity index (χ3v) is 4.86. The summed E-state index contributed by atoms with van der Waals surface area (Å²) in [6.45, 7) is 2.81. The molecule has 1 unspecified atom stereocenters. The summed E-state index contributed by atoms with van der Waals surface area (Å²) in [6, 6.07) is 18.5. The molecule has 1 atom stereocenters. The number of para-hydroxylation sites is 1. The molecular formula is C22H22N4O. The first kappa shape index (κ1) is 17.2. The summed E-state index contributed by atoms with van der Waals surface area (Å²) in [6.07, 6.45) is 4.98. The van der Waals surface area contributed by atoms with Crippen LogP contribution in [0.1, 0.15) is 28.4 Å². The lowest BCUT2D eigenvalue weighted by Crippen LogP contribution is -2.35. The van der Waals surface area contributed by atoms with Crippen LogP contribution in [0, 0.1) is 0 Å². The first-order valence-corrected chi connectivity index (χ1v) is 9.23. The molecule has 4 rings (SSSR count). The van der Waals surface area contributed by atoms with Crippen molar-refractivity contribution in [2.24, 2.45) is 0 Å². The van der Waals surface area contributed by atoms with Crippen molar-refractivity contribution in [1.29, 1.82) is 0 Å². The van der Waals surface area contributed by atoms with Crippen LogP contribution in [0.5, 0.6) is 0 Å². The van der Waals surface area contributed by atoms with Gasteiger partial charge in [-0.2, -0.15) is 0 Å². The van der Waals surface area contributed by atoms with E-state index in [0.29, 0.717) is 11.5 Å². The van der Waals surface area contributed by atoms with E-state index in [9.17, 15) is 4.79 Å². The smallest absolute Gasteiger partial charge is 0.261 e. The Labute approximate surface area is 159 Å². The second kappa shape index (κ2) is 7.58. The fraction of sp³-hybridized carbons (Fsp3) is 0.227. The van der Waals surface area contributed by atoms with Gasteiger partial charge in [0, 0.05) is 30.7 Å². The van der Waals surface area contributed by atoms with Crippen LogP contribution in [0.3, 0.4) is 0 Å². The van der Waals surface area contributed by atoms with Crippen LogP contribution in [-0.4, -0.2) is 28.5 Å². The second-order valence-corrected chi connectivity index (χ2v) is 6.81. The average Bonchev–Trinajstić information content (AvgIpc) is 3.04. The molecule has 27 heavy (non-hydrogen) atoms. The number of amides is 1. The maximum absolute atomic E-state index is 13.0. The molecule has 0 fully saturated rings. The van der Waals surface area contributed by atoms with Crippen molar-refractivity contribution in [3.63, 3.8) is 0 Å². The van der Waals surface area contributed by atoms with Crippen molar-refractivity contribution < 1.29 is 4.79 Å². The molecule has 2 aromatic carbocycles. The molecule has 5 nitrogen and oxygen atoms in total. The van der Waals surface area contributed by atoms with Gasteiger partial charge in [0.15, 0.2) is 0 Å². The predicted octanol–water partition coefficient (Wildman–Crippen LogP) is 3.72. The van der Waals surface area contributed by atoms with E-state index in [0.717, 1.165) is 25.1 Å². The molecule has 0 bridgehead atoms. The highest BCUT2D eigenvalue weighted by atomic mass is 16.2. The maximum Gasteiger partial charge on any atom is 0.261 e. The highest BCUT2D eigenvalue weighted by Gasteiger charge is 2.31. The molecule has 0 saturated heterocycles. The van der Waals surface area contributed by atoms with Crippen molar-refractivity contribution in [3.8, 4) is 0 Å². The van der Waals surface area contributed by atoms with Gasteiger partial charge in [0.05, 0.1) is 5.56 Å². The summed E-state index contributed by atoms with van der Waals surface area (Å²) in [4.78, 5) is 23.4. The van der Waals surface area contributed by atoms with Gasteiger partial charge in [-0.1, -0.05) is 48.5 Å². The number of nitrogens with zero attached hydrogens (tertiary/aromatic N) is 3. The quantitative estimate of drug-likeness (QED) is 0.755. The van der Waals surface area contributed by atoms with Gasteiger partial charge in [-0.15, -0.1) is 0 Å². The Kier molecular flexibility index (Phi) is 4.83. The van der Waals surface area contributed by atoms with Crippen molar-refractivity contribution in [2.45, 2.75) is 25.8 Å². The number of nitrogens with one attached hydrogen (secondary N) is 1. The van der Waals surface area contributed by atoms with E-state index < -0.39 is 0 Å². The molecule has 1 N–H and O–H groups in total. The van der Waals surface area contributed by atoms with Gasteiger partial charge in [-0.25, -0.2) is 9.97 Å². The molecule has 3 aromatic rings. The molecule has 1 aliphatic heterocycles. The molecule has 0 aliphatic carbocycles. The largest absolute Gasteiger partial charge is 0.354 e. The lowest BCUT2D eigenvalue weighted by atomic mass is 10.1. The van der Waals surface area contributed by atoms with Crippen molar-refractivity contribution in [2.75, 3.05) is 16.8 Å². The van der Waals surface area contributed by atoms with Crippen molar-refractivity contribution >= 4 is 17.5 Å². The average molecular weight is 358 g/mol. The monoisotopic (exact) mass is 358 g/mol. The van der Waals surface area contributed by atoms with Crippen LogP contribution >= 0.6 is 0 Å². The Morgan fingerprint density at radius 3 is 2.56 bits per heavy atom. The SMILES string of the molecule is CC1Cc2ccccc2N1C(=O)c1cnc(NCCc2ccccc2)nc1. The van der Waals surface area contributed by atoms with Crippen LogP contribution in [-0.2, 0) is 12.8 Å². The molecule has 0 radical (unpaired) electrons. The Hall–Kier alpha value is -3.21. The van der Waals surface area contributed by atoms with Gasteiger partial charge in [0.1, 0.15) is 0 Å². The van der Waals surface area contributed by atoms with E-state index in [2.05, 4.69) is 40.4 Å². The van der Waals surface area contributed by atoms with E-state index in [-0.39, 0.29) is 11.9 Å². The Balaban J connectivity index is 1.41. The number of rotatable bonds is 5. The van der Waals surface area contributed by atoms with E-state index in [1.165, 1.54) is 11.1 Å². The molecule has 2 heterocycles. The van der Waals surface area contributed by atoms with Crippen molar-refractivity contribution in [1.82, 2.24) is 9.97 Å². The number of carbonyl (C=O) groups is 1. The number of hydrogen-bond acceptors (Lipinski definition) is 4. The van der Waals surface area contributed by atoms with Crippen LogP contribution < -0.4 is 10.2 Å². The van der Waals surface area contributed by atoms with E-state index >= 15 is 0 Å².